The molecule has 0 aromatic rings. The molecule has 0 aromatic heterocycles. The van der Waals surface area contributed by atoms with Gasteiger partial charge >= 0.3 is 17.9 Å². The first-order valence-electron chi connectivity index (χ1n) is 21.6. The fourth-order valence-electron chi connectivity index (χ4n) is 5.84. The lowest BCUT2D eigenvalue weighted by molar-refractivity contribution is -0.166. The number of hydrogen-bond acceptors (Lipinski definition) is 6. The van der Waals surface area contributed by atoms with E-state index in [0.717, 1.165) is 77.0 Å². The smallest absolute Gasteiger partial charge is 0.309 e. The van der Waals surface area contributed by atoms with E-state index in [1.807, 2.05) is 6.08 Å². The number of carbonyl (C=O) groups is 3. The van der Waals surface area contributed by atoms with Crippen LogP contribution >= 0.6 is 0 Å². The standard InChI is InChI=1S/C46H80O6/c1-4-7-10-13-16-19-21-22-23-24-25-28-30-33-36-39-45(48)51-42-43(41-50-44(47)38-35-32-29-26-18-15-12-9-6-3)52-46(49)40-37-34-31-27-20-17-14-11-8-5-2/h9,12,14,17-18,26,32,35,43H,4-8,10-11,13,15-16,19-25,27-31,33-34,36-42H2,1-3H3/b12-9-,17-14-,26-18-,35-32-. The van der Waals surface area contributed by atoms with E-state index in [0.29, 0.717) is 12.8 Å². The van der Waals surface area contributed by atoms with Crippen molar-refractivity contribution in [2.75, 3.05) is 13.2 Å². The molecule has 1 atom stereocenters. The van der Waals surface area contributed by atoms with Gasteiger partial charge in [-0.25, -0.2) is 0 Å². The molecule has 6 heteroatoms. The quantitative estimate of drug-likeness (QED) is 0.0272. The van der Waals surface area contributed by atoms with Crippen molar-refractivity contribution in [1.82, 2.24) is 0 Å². The molecule has 0 amide bonds. The van der Waals surface area contributed by atoms with E-state index in [9.17, 15) is 14.4 Å². The second-order valence-electron chi connectivity index (χ2n) is 14.2. The Kier molecular flexibility index (Phi) is 39.1. The van der Waals surface area contributed by atoms with Crippen LogP contribution in [0.2, 0.25) is 0 Å². The van der Waals surface area contributed by atoms with Crippen molar-refractivity contribution in [3.05, 3.63) is 48.6 Å². The van der Waals surface area contributed by atoms with Gasteiger partial charge in [0.25, 0.3) is 0 Å². The first kappa shape index (κ1) is 49.4. The summed E-state index contributed by atoms with van der Waals surface area (Å²) in [5.74, 6) is -1.05. The van der Waals surface area contributed by atoms with Gasteiger partial charge in [-0.15, -0.1) is 0 Å². The Hall–Kier alpha value is -2.63. The Morgan fingerprint density at radius 3 is 1.38 bits per heavy atom. The number of unbranched alkanes of at least 4 members (excludes halogenated alkanes) is 20. The van der Waals surface area contributed by atoms with Crippen molar-refractivity contribution in [3.8, 4) is 0 Å². The Bertz CT molecular complexity index is 933. The maximum Gasteiger partial charge on any atom is 0.309 e. The number of ether oxygens (including phenoxy) is 3. The lowest BCUT2D eigenvalue weighted by Gasteiger charge is -2.18. The van der Waals surface area contributed by atoms with Gasteiger partial charge in [0.15, 0.2) is 6.10 Å². The summed E-state index contributed by atoms with van der Waals surface area (Å²) in [4.78, 5) is 37.5. The second-order valence-corrected chi connectivity index (χ2v) is 14.2. The van der Waals surface area contributed by atoms with Crippen LogP contribution in [0.4, 0.5) is 0 Å². The third kappa shape index (κ3) is 38.6. The molecule has 0 aliphatic carbocycles. The minimum atomic E-state index is -0.808. The Morgan fingerprint density at radius 1 is 0.423 bits per heavy atom. The summed E-state index contributed by atoms with van der Waals surface area (Å²) in [7, 11) is 0. The summed E-state index contributed by atoms with van der Waals surface area (Å²) < 4.78 is 16.5. The molecule has 0 N–H and O–H groups in total. The van der Waals surface area contributed by atoms with E-state index in [1.165, 1.54) is 89.9 Å². The van der Waals surface area contributed by atoms with Crippen LogP contribution in [-0.2, 0) is 28.6 Å². The average Bonchev–Trinajstić information content (AvgIpc) is 3.14. The van der Waals surface area contributed by atoms with Gasteiger partial charge in [-0.1, -0.05) is 185 Å². The molecule has 0 radical (unpaired) electrons. The molecule has 1 unspecified atom stereocenters. The van der Waals surface area contributed by atoms with Gasteiger partial charge in [0.1, 0.15) is 13.2 Å². The zero-order valence-electron chi connectivity index (χ0n) is 34.1. The van der Waals surface area contributed by atoms with Gasteiger partial charge in [-0.2, -0.15) is 0 Å². The van der Waals surface area contributed by atoms with Gasteiger partial charge in [0.05, 0.1) is 6.42 Å². The van der Waals surface area contributed by atoms with Crippen molar-refractivity contribution in [2.24, 2.45) is 0 Å². The molecule has 0 aliphatic heterocycles. The Labute approximate surface area is 320 Å². The second kappa shape index (κ2) is 41.1. The van der Waals surface area contributed by atoms with Crippen LogP contribution in [0.25, 0.3) is 0 Å². The highest BCUT2D eigenvalue weighted by atomic mass is 16.6. The number of carbonyl (C=O) groups excluding carboxylic acids is 3. The van der Waals surface area contributed by atoms with Crippen LogP contribution in [0, 0.1) is 0 Å². The third-order valence-corrected chi connectivity index (χ3v) is 9.10. The summed E-state index contributed by atoms with van der Waals surface area (Å²) in [6, 6.07) is 0. The molecular formula is C46H80O6. The van der Waals surface area contributed by atoms with Crippen LogP contribution in [0.1, 0.15) is 207 Å². The minimum Gasteiger partial charge on any atom is -0.462 e. The molecule has 300 valence electrons. The van der Waals surface area contributed by atoms with E-state index >= 15 is 0 Å². The number of rotatable bonds is 38. The normalized spacial score (nSPS) is 12.4. The molecule has 52 heavy (non-hydrogen) atoms. The highest BCUT2D eigenvalue weighted by molar-refractivity contribution is 5.72. The molecule has 0 aromatic carbocycles. The van der Waals surface area contributed by atoms with Crippen molar-refractivity contribution >= 4 is 17.9 Å². The summed E-state index contributed by atoms with van der Waals surface area (Å²) in [6.45, 7) is 6.35. The Balaban J connectivity index is 4.39. The number of hydrogen-bond donors (Lipinski definition) is 0. The van der Waals surface area contributed by atoms with Gasteiger partial charge in [0, 0.05) is 12.8 Å². The number of esters is 3. The molecule has 0 fully saturated rings. The summed E-state index contributed by atoms with van der Waals surface area (Å²) >= 11 is 0. The minimum absolute atomic E-state index is 0.103. The molecule has 0 bridgehead atoms. The molecule has 0 spiro atoms. The highest BCUT2D eigenvalue weighted by Crippen LogP contribution is 2.14. The predicted molar refractivity (Wildman–Crippen MR) is 219 cm³/mol. The average molecular weight is 729 g/mol. The molecule has 0 heterocycles. The molecule has 0 rings (SSSR count). The fourth-order valence-corrected chi connectivity index (χ4v) is 5.84. The first-order valence-corrected chi connectivity index (χ1v) is 21.6. The van der Waals surface area contributed by atoms with Crippen molar-refractivity contribution in [3.63, 3.8) is 0 Å². The Morgan fingerprint density at radius 2 is 0.846 bits per heavy atom. The zero-order chi connectivity index (χ0) is 38.0. The van der Waals surface area contributed by atoms with E-state index < -0.39 is 12.1 Å². The lowest BCUT2D eigenvalue weighted by atomic mass is 10.0. The van der Waals surface area contributed by atoms with Gasteiger partial charge < -0.3 is 14.2 Å². The van der Waals surface area contributed by atoms with Crippen LogP contribution in [0.15, 0.2) is 48.6 Å². The first-order chi connectivity index (χ1) is 25.5. The van der Waals surface area contributed by atoms with E-state index in [2.05, 4.69) is 57.2 Å². The summed E-state index contributed by atoms with van der Waals surface area (Å²) in [5, 5.41) is 0. The molecule has 0 aliphatic rings. The van der Waals surface area contributed by atoms with Crippen molar-refractivity contribution < 1.29 is 28.6 Å². The highest BCUT2D eigenvalue weighted by Gasteiger charge is 2.19. The van der Waals surface area contributed by atoms with Gasteiger partial charge in [-0.3, -0.25) is 14.4 Å². The topological polar surface area (TPSA) is 78.9 Å². The SMILES string of the molecule is CC/C=C\C/C=C\C/C=C\CC(=O)OCC(COC(=O)CCCCCCCCCCCCCCCCC)OC(=O)CCCCCC/C=C\CCCC. The zero-order valence-corrected chi connectivity index (χ0v) is 34.1. The predicted octanol–water partition coefficient (Wildman–Crippen LogP) is 13.6. The molecule has 0 saturated heterocycles. The van der Waals surface area contributed by atoms with E-state index in [-0.39, 0.29) is 31.6 Å². The summed E-state index contributed by atoms with van der Waals surface area (Å²) in [6.07, 6.45) is 47.0. The van der Waals surface area contributed by atoms with Gasteiger partial charge in [-0.05, 0) is 51.4 Å². The van der Waals surface area contributed by atoms with Crippen LogP contribution in [-0.4, -0.2) is 37.2 Å². The molecule has 0 saturated carbocycles. The molecule has 6 nitrogen and oxygen atoms in total. The maximum atomic E-state index is 12.6. The van der Waals surface area contributed by atoms with Crippen LogP contribution in [0.3, 0.4) is 0 Å². The van der Waals surface area contributed by atoms with E-state index in [1.54, 1.807) is 6.08 Å². The lowest BCUT2D eigenvalue weighted by Crippen LogP contribution is -2.30. The maximum absolute atomic E-state index is 12.6. The summed E-state index contributed by atoms with van der Waals surface area (Å²) in [5.41, 5.74) is 0. The molecular weight excluding hydrogens is 649 g/mol. The monoisotopic (exact) mass is 729 g/mol. The van der Waals surface area contributed by atoms with E-state index in [4.69, 9.17) is 14.2 Å². The van der Waals surface area contributed by atoms with Crippen LogP contribution in [0.5, 0.6) is 0 Å². The number of allylic oxidation sites excluding steroid dienone is 7. The van der Waals surface area contributed by atoms with Crippen molar-refractivity contribution in [1.29, 1.82) is 0 Å². The van der Waals surface area contributed by atoms with Crippen LogP contribution < -0.4 is 0 Å². The van der Waals surface area contributed by atoms with Crippen molar-refractivity contribution in [2.45, 2.75) is 213 Å². The van der Waals surface area contributed by atoms with Gasteiger partial charge in [0.2, 0.25) is 0 Å². The third-order valence-electron chi connectivity index (χ3n) is 9.10. The largest absolute Gasteiger partial charge is 0.462 e. The fraction of sp³-hybridized carbons (Fsp3) is 0.761.